The largest absolute Gasteiger partial charge is 0.396 e. The molecule has 1 saturated heterocycles. The van der Waals surface area contributed by atoms with E-state index in [1.54, 1.807) is 0 Å². The lowest BCUT2D eigenvalue weighted by molar-refractivity contribution is 0.302. The summed E-state index contributed by atoms with van der Waals surface area (Å²) in [5, 5.41) is 8.54. The molecule has 0 aliphatic carbocycles. The van der Waals surface area contributed by atoms with Gasteiger partial charge in [0.15, 0.2) is 0 Å². The van der Waals surface area contributed by atoms with E-state index in [4.69, 9.17) is 5.11 Å². The molecule has 2 heteroatoms. The average Bonchev–Trinajstić information content (AvgIpc) is 2.07. The van der Waals surface area contributed by atoms with Crippen LogP contribution in [-0.4, -0.2) is 23.2 Å². The summed E-state index contributed by atoms with van der Waals surface area (Å²) in [5.41, 5.74) is 0. The van der Waals surface area contributed by atoms with Crippen molar-refractivity contribution < 1.29 is 5.11 Å². The number of aliphatic hydroxyl groups excluding tert-OH is 1. The molecular weight excluding hydrogens is 156 g/mol. The Morgan fingerprint density at radius 2 is 2.09 bits per heavy atom. The highest BCUT2D eigenvalue weighted by atomic mass is 32.2. The van der Waals surface area contributed by atoms with Crippen molar-refractivity contribution in [2.24, 2.45) is 5.92 Å². The van der Waals surface area contributed by atoms with Crippen molar-refractivity contribution in [2.45, 2.75) is 19.3 Å². The number of aliphatic hydroxyl groups is 1. The first-order valence-corrected chi connectivity index (χ1v) is 5.44. The monoisotopic (exact) mass is 172 g/mol. The molecule has 0 amide bonds. The van der Waals surface area contributed by atoms with Crippen LogP contribution in [0.15, 0.2) is 12.2 Å². The van der Waals surface area contributed by atoms with E-state index in [-0.39, 0.29) is 6.61 Å². The summed E-state index contributed by atoms with van der Waals surface area (Å²) in [7, 11) is 0. The summed E-state index contributed by atoms with van der Waals surface area (Å²) >= 11 is 2.05. The maximum absolute atomic E-state index is 8.54. The van der Waals surface area contributed by atoms with Gasteiger partial charge in [-0.1, -0.05) is 12.2 Å². The summed E-state index contributed by atoms with van der Waals surface area (Å²) in [4.78, 5) is 0. The van der Waals surface area contributed by atoms with Crippen LogP contribution in [0.4, 0.5) is 0 Å². The van der Waals surface area contributed by atoms with Crippen molar-refractivity contribution in [3.8, 4) is 0 Å². The van der Waals surface area contributed by atoms with E-state index in [1.165, 1.54) is 24.3 Å². The lowest BCUT2D eigenvalue weighted by atomic mass is 10.0. The predicted molar refractivity (Wildman–Crippen MR) is 50.9 cm³/mol. The van der Waals surface area contributed by atoms with Gasteiger partial charge in [0.2, 0.25) is 0 Å². The molecule has 1 fully saturated rings. The van der Waals surface area contributed by atoms with Crippen molar-refractivity contribution in [3.05, 3.63) is 12.2 Å². The van der Waals surface area contributed by atoms with Crippen LogP contribution in [0, 0.1) is 5.92 Å². The fourth-order valence-electron chi connectivity index (χ4n) is 1.27. The highest BCUT2D eigenvalue weighted by molar-refractivity contribution is 7.99. The smallest absolute Gasteiger partial charge is 0.0465 e. The third-order valence-electron chi connectivity index (χ3n) is 1.97. The van der Waals surface area contributed by atoms with E-state index in [9.17, 15) is 0 Å². The van der Waals surface area contributed by atoms with Gasteiger partial charge in [-0.3, -0.25) is 0 Å². The van der Waals surface area contributed by atoms with E-state index >= 15 is 0 Å². The summed E-state index contributed by atoms with van der Waals surface area (Å²) in [6.45, 7) is 0.290. The van der Waals surface area contributed by atoms with E-state index < -0.39 is 0 Å². The average molecular weight is 172 g/mol. The zero-order chi connectivity index (χ0) is 7.94. The second kappa shape index (κ2) is 5.67. The maximum atomic E-state index is 8.54. The van der Waals surface area contributed by atoms with Crippen LogP contribution in [-0.2, 0) is 0 Å². The summed E-state index contributed by atoms with van der Waals surface area (Å²) in [5.74, 6) is 3.42. The minimum absolute atomic E-state index is 0.290. The van der Waals surface area contributed by atoms with Gasteiger partial charge in [-0.2, -0.15) is 11.8 Å². The quantitative estimate of drug-likeness (QED) is 0.658. The van der Waals surface area contributed by atoms with Gasteiger partial charge in [-0.15, -0.1) is 0 Å². The van der Waals surface area contributed by atoms with Gasteiger partial charge >= 0.3 is 0 Å². The predicted octanol–water partition coefficient (Wildman–Crippen LogP) is 2.07. The Balaban J connectivity index is 2.13. The van der Waals surface area contributed by atoms with Crippen molar-refractivity contribution in [1.29, 1.82) is 0 Å². The molecule has 0 saturated carbocycles. The normalized spacial score (nSPS) is 21.2. The number of thioether (sulfide) groups is 1. The molecule has 0 aromatic carbocycles. The number of hydrogen-bond acceptors (Lipinski definition) is 2. The van der Waals surface area contributed by atoms with Crippen molar-refractivity contribution in [1.82, 2.24) is 0 Å². The lowest BCUT2D eigenvalue weighted by Crippen LogP contribution is -2.06. The lowest BCUT2D eigenvalue weighted by Gasteiger charge is -2.17. The molecule has 1 heterocycles. The second-order valence-electron chi connectivity index (χ2n) is 2.89. The Bertz CT molecular complexity index is 117. The zero-order valence-corrected chi connectivity index (χ0v) is 7.65. The first kappa shape index (κ1) is 9.14. The third kappa shape index (κ3) is 3.82. The highest BCUT2D eigenvalue weighted by Gasteiger charge is 2.09. The maximum Gasteiger partial charge on any atom is 0.0465 e. The van der Waals surface area contributed by atoms with Crippen molar-refractivity contribution in [3.63, 3.8) is 0 Å². The molecule has 1 rings (SSSR count). The van der Waals surface area contributed by atoms with Gasteiger partial charge in [-0.25, -0.2) is 0 Å². The van der Waals surface area contributed by atoms with Gasteiger partial charge in [0.1, 0.15) is 0 Å². The Hall–Kier alpha value is 0.0500. The third-order valence-corrected chi connectivity index (χ3v) is 3.02. The second-order valence-corrected chi connectivity index (χ2v) is 4.11. The molecule has 1 aliphatic rings. The standard InChI is InChI=1S/C9H16OS/c10-6-2-1-3-9-4-7-11-8-5-9/h1,3,9-10H,2,4-8H2/b3-1-. The molecule has 0 bridgehead atoms. The van der Waals surface area contributed by atoms with E-state index in [1.807, 2.05) is 0 Å². The first-order valence-electron chi connectivity index (χ1n) is 4.28. The molecule has 0 aromatic heterocycles. The van der Waals surface area contributed by atoms with Gasteiger partial charge in [0.05, 0.1) is 0 Å². The van der Waals surface area contributed by atoms with Crippen LogP contribution in [0.1, 0.15) is 19.3 Å². The van der Waals surface area contributed by atoms with Crippen molar-refractivity contribution in [2.75, 3.05) is 18.1 Å². The summed E-state index contributed by atoms with van der Waals surface area (Å²) < 4.78 is 0. The fourth-order valence-corrected chi connectivity index (χ4v) is 2.41. The van der Waals surface area contributed by atoms with Gasteiger partial charge in [0.25, 0.3) is 0 Å². The highest BCUT2D eigenvalue weighted by Crippen LogP contribution is 2.23. The SMILES string of the molecule is OCC/C=C\C1CCSCC1. The molecule has 1 N–H and O–H groups in total. The van der Waals surface area contributed by atoms with Crippen LogP contribution in [0.25, 0.3) is 0 Å². The topological polar surface area (TPSA) is 20.2 Å². The van der Waals surface area contributed by atoms with Crippen LogP contribution >= 0.6 is 11.8 Å². The molecule has 64 valence electrons. The van der Waals surface area contributed by atoms with Gasteiger partial charge in [-0.05, 0) is 36.7 Å². The molecule has 0 spiro atoms. The molecule has 0 unspecified atom stereocenters. The molecule has 0 aromatic rings. The summed E-state index contributed by atoms with van der Waals surface area (Å²) in [6, 6.07) is 0. The summed E-state index contributed by atoms with van der Waals surface area (Å²) in [6.07, 6.45) is 7.86. The van der Waals surface area contributed by atoms with Crippen LogP contribution in [0.2, 0.25) is 0 Å². The Morgan fingerprint density at radius 1 is 1.36 bits per heavy atom. The number of rotatable bonds is 3. The molecule has 0 radical (unpaired) electrons. The van der Waals surface area contributed by atoms with Crippen LogP contribution in [0.5, 0.6) is 0 Å². The number of hydrogen-bond donors (Lipinski definition) is 1. The molecule has 1 aliphatic heterocycles. The van der Waals surface area contributed by atoms with Gasteiger partial charge < -0.3 is 5.11 Å². The number of allylic oxidation sites excluding steroid dienone is 1. The first-order chi connectivity index (χ1) is 5.43. The Kier molecular flexibility index (Phi) is 4.71. The minimum atomic E-state index is 0.290. The van der Waals surface area contributed by atoms with E-state index in [0.717, 1.165) is 12.3 Å². The van der Waals surface area contributed by atoms with E-state index in [0.29, 0.717) is 0 Å². The Morgan fingerprint density at radius 3 is 2.73 bits per heavy atom. The molecule has 0 atom stereocenters. The minimum Gasteiger partial charge on any atom is -0.396 e. The fraction of sp³-hybridized carbons (Fsp3) is 0.778. The Labute approximate surface area is 72.9 Å². The molecule has 11 heavy (non-hydrogen) atoms. The molecular formula is C9H16OS. The molecule has 1 nitrogen and oxygen atoms in total. The van der Waals surface area contributed by atoms with Crippen molar-refractivity contribution >= 4 is 11.8 Å². The van der Waals surface area contributed by atoms with Crippen LogP contribution in [0.3, 0.4) is 0 Å². The van der Waals surface area contributed by atoms with Crippen LogP contribution < -0.4 is 0 Å². The zero-order valence-electron chi connectivity index (χ0n) is 6.83. The van der Waals surface area contributed by atoms with E-state index in [2.05, 4.69) is 23.9 Å². The van der Waals surface area contributed by atoms with Gasteiger partial charge in [0, 0.05) is 6.61 Å².